The summed E-state index contributed by atoms with van der Waals surface area (Å²) < 4.78 is 1.58. The smallest absolute Gasteiger partial charge is 0.244 e. The van der Waals surface area contributed by atoms with E-state index in [1.807, 2.05) is 24.3 Å². The number of nitrogens with one attached hydrogen (secondary N) is 1. The fourth-order valence-electron chi connectivity index (χ4n) is 2.73. The minimum absolute atomic E-state index is 0.0517. The Morgan fingerprint density at radius 2 is 2.04 bits per heavy atom. The molecule has 0 fully saturated rings. The third-order valence-electron chi connectivity index (χ3n) is 3.89. The van der Waals surface area contributed by atoms with Crippen LogP contribution >= 0.6 is 11.8 Å². The lowest BCUT2D eigenvalue weighted by Crippen LogP contribution is -2.41. The van der Waals surface area contributed by atoms with E-state index in [-0.39, 0.29) is 18.4 Å². The summed E-state index contributed by atoms with van der Waals surface area (Å²) in [5.74, 6) is 0.478. The molecule has 4 rings (SSSR count). The molecule has 0 unspecified atom stereocenters. The highest BCUT2D eigenvalue weighted by atomic mass is 32.2. The molecular weight excluding hydrogens is 350 g/mol. The molecule has 26 heavy (non-hydrogen) atoms. The van der Waals surface area contributed by atoms with Crippen molar-refractivity contribution in [3.05, 3.63) is 61.1 Å². The molecule has 0 radical (unpaired) electrons. The van der Waals surface area contributed by atoms with Gasteiger partial charge in [0.25, 0.3) is 0 Å². The van der Waals surface area contributed by atoms with Gasteiger partial charge in [-0.05, 0) is 30.3 Å². The topological polar surface area (TPSA) is 80.1 Å². The number of hydrogen-bond acceptors (Lipinski definition) is 5. The van der Waals surface area contributed by atoms with E-state index in [1.54, 1.807) is 41.5 Å². The van der Waals surface area contributed by atoms with Crippen LogP contribution in [0.3, 0.4) is 0 Å². The number of nitrogens with zero attached hydrogens (tertiary/aromatic N) is 4. The number of benzene rings is 1. The van der Waals surface area contributed by atoms with Crippen LogP contribution < -0.4 is 10.2 Å². The maximum absolute atomic E-state index is 12.6. The first-order valence-corrected chi connectivity index (χ1v) is 8.98. The van der Waals surface area contributed by atoms with E-state index in [4.69, 9.17) is 0 Å². The molecule has 0 saturated heterocycles. The van der Waals surface area contributed by atoms with Crippen molar-refractivity contribution >= 4 is 35.0 Å². The van der Waals surface area contributed by atoms with Crippen molar-refractivity contribution < 1.29 is 9.59 Å². The van der Waals surface area contributed by atoms with Gasteiger partial charge in [0.2, 0.25) is 11.8 Å². The van der Waals surface area contributed by atoms with Gasteiger partial charge in [-0.3, -0.25) is 9.59 Å². The van der Waals surface area contributed by atoms with Crippen molar-refractivity contribution in [2.45, 2.75) is 4.90 Å². The van der Waals surface area contributed by atoms with Gasteiger partial charge < -0.3 is 10.2 Å². The predicted octanol–water partition coefficient (Wildman–Crippen LogP) is 2.34. The van der Waals surface area contributed by atoms with Crippen molar-refractivity contribution in [2.75, 3.05) is 22.5 Å². The zero-order valence-electron chi connectivity index (χ0n) is 13.7. The van der Waals surface area contributed by atoms with E-state index in [0.29, 0.717) is 17.3 Å². The average molecular weight is 365 g/mol. The molecular formula is C18H15N5O2S. The molecule has 1 aromatic carbocycles. The molecule has 3 heterocycles. The molecule has 1 aliphatic heterocycles. The molecule has 1 aliphatic rings. The number of rotatable bonds is 4. The third kappa shape index (κ3) is 3.18. The number of carbonyl (C=O) groups excluding carboxylic acids is 2. The Labute approximate surface area is 154 Å². The van der Waals surface area contributed by atoms with Gasteiger partial charge in [0.15, 0.2) is 5.82 Å². The van der Waals surface area contributed by atoms with Gasteiger partial charge in [0.05, 0.1) is 17.1 Å². The van der Waals surface area contributed by atoms with Crippen molar-refractivity contribution in [1.29, 1.82) is 0 Å². The molecule has 1 N–H and O–H groups in total. The summed E-state index contributed by atoms with van der Waals surface area (Å²) in [6.45, 7) is -0.0517. The van der Waals surface area contributed by atoms with E-state index in [2.05, 4.69) is 15.4 Å². The first-order valence-electron chi connectivity index (χ1n) is 7.99. The van der Waals surface area contributed by atoms with Crippen LogP contribution in [-0.2, 0) is 9.59 Å². The monoisotopic (exact) mass is 365 g/mol. The molecule has 0 aliphatic carbocycles. The standard InChI is InChI=1S/C18H15N5O2S/c24-16(11-22-14-6-1-2-7-15(14)26-12-17(22)25)21-13-5-3-8-19-18(13)23-10-4-9-20-23/h1-10H,11-12H2,(H,21,24). The zero-order chi connectivity index (χ0) is 17.9. The normalized spacial score (nSPS) is 13.4. The lowest BCUT2D eigenvalue weighted by atomic mass is 10.2. The van der Waals surface area contributed by atoms with E-state index in [0.717, 1.165) is 10.6 Å². The van der Waals surface area contributed by atoms with Gasteiger partial charge in [-0.25, -0.2) is 9.67 Å². The fraction of sp³-hybridized carbons (Fsp3) is 0.111. The number of pyridine rings is 1. The number of carbonyl (C=O) groups is 2. The largest absolute Gasteiger partial charge is 0.321 e. The Kier molecular flexibility index (Phi) is 4.40. The SMILES string of the molecule is O=C(CN1C(=O)CSc2ccccc21)Nc1cccnc1-n1cccn1. The second kappa shape index (κ2) is 7.01. The lowest BCUT2D eigenvalue weighted by molar-refractivity contribution is -0.120. The van der Waals surface area contributed by atoms with Crippen LogP contribution in [0.15, 0.2) is 66.0 Å². The van der Waals surface area contributed by atoms with Gasteiger partial charge >= 0.3 is 0 Å². The van der Waals surface area contributed by atoms with Crippen molar-refractivity contribution in [2.24, 2.45) is 0 Å². The fourth-order valence-corrected chi connectivity index (χ4v) is 3.67. The number of para-hydroxylation sites is 1. The summed E-state index contributed by atoms with van der Waals surface area (Å²) in [6, 6.07) is 12.9. The number of fused-ring (bicyclic) bond motifs is 1. The van der Waals surface area contributed by atoms with Crippen LogP contribution in [0.2, 0.25) is 0 Å². The molecule has 7 nitrogen and oxygen atoms in total. The Bertz CT molecular complexity index is 958. The summed E-state index contributed by atoms with van der Waals surface area (Å²) in [5, 5.41) is 6.98. The maximum atomic E-state index is 12.6. The minimum atomic E-state index is -0.290. The Hall–Kier alpha value is -3.13. The highest BCUT2D eigenvalue weighted by Gasteiger charge is 2.26. The first kappa shape index (κ1) is 16.3. The van der Waals surface area contributed by atoms with Crippen molar-refractivity contribution in [3.8, 4) is 5.82 Å². The van der Waals surface area contributed by atoms with Crippen molar-refractivity contribution in [1.82, 2.24) is 14.8 Å². The van der Waals surface area contributed by atoms with Gasteiger partial charge in [-0.15, -0.1) is 11.8 Å². The minimum Gasteiger partial charge on any atom is -0.321 e. The number of hydrogen-bond donors (Lipinski definition) is 1. The summed E-state index contributed by atoms with van der Waals surface area (Å²) in [4.78, 5) is 31.7. The van der Waals surface area contributed by atoms with Gasteiger partial charge in [0.1, 0.15) is 6.54 Å². The van der Waals surface area contributed by atoms with Crippen LogP contribution in [0.1, 0.15) is 0 Å². The third-order valence-corrected chi connectivity index (χ3v) is 4.94. The predicted molar refractivity (Wildman–Crippen MR) is 99.5 cm³/mol. The van der Waals surface area contributed by atoms with E-state index >= 15 is 0 Å². The molecule has 130 valence electrons. The molecule has 2 amide bonds. The number of thioether (sulfide) groups is 1. The maximum Gasteiger partial charge on any atom is 0.244 e. The first-order chi connectivity index (χ1) is 12.7. The van der Waals surface area contributed by atoms with Crippen molar-refractivity contribution in [3.63, 3.8) is 0 Å². The second-order valence-electron chi connectivity index (χ2n) is 5.61. The molecule has 3 aromatic rings. The molecule has 0 spiro atoms. The average Bonchev–Trinajstić information content (AvgIpc) is 3.19. The number of amides is 2. The van der Waals surface area contributed by atoms with E-state index in [9.17, 15) is 9.59 Å². The zero-order valence-corrected chi connectivity index (χ0v) is 14.5. The Balaban J connectivity index is 1.55. The van der Waals surface area contributed by atoms with Crippen LogP contribution in [0, 0.1) is 0 Å². The Morgan fingerprint density at radius 3 is 2.88 bits per heavy atom. The van der Waals surface area contributed by atoms with Gasteiger partial charge in [-0.2, -0.15) is 5.10 Å². The van der Waals surface area contributed by atoms with E-state index < -0.39 is 0 Å². The van der Waals surface area contributed by atoms with Gasteiger partial charge in [-0.1, -0.05) is 12.1 Å². The highest BCUT2D eigenvalue weighted by Crippen LogP contribution is 2.34. The molecule has 2 aromatic heterocycles. The van der Waals surface area contributed by atoms with Crippen LogP contribution in [-0.4, -0.2) is 38.9 Å². The molecule has 0 saturated carbocycles. The van der Waals surface area contributed by atoms with Crippen LogP contribution in [0.25, 0.3) is 5.82 Å². The Morgan fingerprint density at radius 1 is 1.15 bits per heavy atom. The summed E-state index contributed by atoms with van der Waals surface area (Å²) >= 11 is 1.49. The van der Waals surface area contributed by atoms with Crippen LogP contribution in [0.5, 0.6) is 0 Å². The summed E-state index contributed by atoms with van der Waals surface area (Å²) in [7, 11) is 0. The second-order valence-corrected chi connectivity index (χ2v) is 6.63. The number of aromatic nitrogens is 3. The quantitative estimate of drug-likeness (QED) is 0.768. The molecule has 8 heteroatoms. The van der Waals surface area contributed by atoms with E-state index in [1.165, 1.54) is 16.7 Å². The van der Waals surface area contributed by atoms with Crippen LogP contribution in [0.4, 0.5) is 11.4 Å². The summed E-state index contributed by atoms with van der Waals surface area (Å²) in [5.41, 5.74) is 1.30. The van der Waals surface area contributed by atoms with Gasteiger partial charge in [0, 0.05) is 23.5 Å². The molecule has 0 bridgehead atoms. The molecule has 0 atom stereocenters. The lowest BCUT2D eigenvalue weighted by Gasteiger charge is -2.28. The number of anilines is 2. The highest BCUT2D eigenvalue weighted by molar-refractivity contribution is 8.00. The summed E-state index contributed by atoms with van der Waals surface area (Å²) in [6.07, 6.45) is 5.02.